The van der Waals surface area contributed by atoms with Gasteiger partial charge in [0.1, 0.15) is 0 Å². The third-order valence-corrected chi connectivity index (χ3v) is 3.83. The Morgan fingerprint density at radius 3 is 2.80 bits per heavy atom. The molecular formula is C12H25N3. The van der Waals surface area contributed by atoms with E-state index in [1.54, 1.807) is 0 Å². The molecule has 1 atom stereocenters. The van der Waals surface area contributed by atoms with Gasteiger partial charge in [-0.2, -0.15) is 0 Å². The second kappa shape index (κ2) is 5.83. The van der Waals surface area contributed by atoms with E-state index in [2.05, 4.69) is 15.5 Å². The summed E-state index contributed by atoms with van der Waals surface area (Å²) in [4.78, 5) is 2.72. The van der Waals surface area contributed by atoms with Crippen molar-refractivity contribution in [1.29, 1.82) is 0 Å². The molecule has 2 fully saturated rings. The molecule has 3 nitrogen and oxygen atoms in total. The minimum atomic E-state index is 0.658. The average Bonchev–Trinajstić information content (AvgIpc) is 2.31. The maximum absolute atomic E-state index is 3.58. The van der Waals surface area contributed by atoms with Gasteiger partial charge in [0.05, 0.1) is 0 Å². The van der Waals surface area contributed by atoms with Gasteiger partial charge >= 0.3 is 0 Å². The smallest absolute Gasteiger partial charge is 0.0320 e. The molecule has 0 radical (unpaired) electrons. The molecule has 0 amide bonds. The number of hydrogen-bond acceptors (Lipinski definition) is 3. The number of hydrogen-bond donors (Lipinski definition) is 2. The summed E-state index contributed by atoms with van der Waals surface area (Å²) in [7, 11) is 2.04. The van der Waals surface area contributed by atoms with Gasteiger partial charge in [0.15, 0.2) is 0 Å². The third kappa shape index (κ3) is 3.16. The standard InChI is InChI=1S/C12H25N3/c1-13-9-11-10-15(8-7-14-11)12-5-3-2-4-6-12/h11-14H,2-10H2,1H3. The normalized spacial score (nSPS) is 30.6. The van der Waals surface area contributed by atoms with Gasteiger partial charge in [-0.3, -0.25) is 4.90 Å². The highest BCUT2D eigenvalue weighted by molar-refractivity contribution is 4.85. The highest BCUT2D eigenvalue weighted by Crippen LogP contribution is 2.23. The third-order valence-electron chi connectivity index (χ3n) is 3.83. The number of rotatable bonds is 3. The fourth-order valence-electron chi connectivity index (χ4n) is 3.01. The molecular weight excluding hydrogens is 186 g/mol. The number of piperazine rings is 1. The largest absolute Gasteiger partial charge is 0.318 e. The molecule has 0 aromatic carbocycles. The lowest BCUT2D eigenvalue weighted by Gasteiger charge is -2.40. The minimum Gasteiger partial charge on any atom is -0.318 e. The van der Waals surface area contributed by atoms with Crippen LogP contribution < -0.4 is 10.6 Å². The molecule has 0 aromatic heterocycles. The molecule has 15 heavy (non-hydrogen) atoms. The highest BCUT2D eigenvalue weighted by atomic mass is 15.2. The van der Waals surface area contributed by atoms with E-state index in [0.717, 1.165) is 12.6 Å². The van der Waals surface area contributed by atoms with E-state index in [1.807, 2.05) is 7.05 Å². The summed E-state index contributed by atoms with van der Waals surface area (Å²) in [5, 5.41) is 6.86. The Balaban J connectivity index is 1.80. The Labute approximate surface area is 93.6 Å². The maximum atomic E-state index is 3.58. The van der Waals surface area contributed by atoms with Crippen molar-refractivity contribution in [1.82, 2.24) is 15.5 Å². The molecule has 1 aliphatic heterocycles. The summed E-state index contributed by atoms with van der Waals surface area (Å²) in [6.07, 6.45) is 7.23. The van der Waals surface area contributed by atoms with Crippen molar-refractivity contribution < 1.29 is 0 Å². The Morgan fingerprint density at radius 1 is 1.27 bits per heavy atom. The van der Waals surface area contributed by atoms with Gasteiger partial charge in [-0.15, -0.1) is 0 Å². The fourth-order valence-corrected chi connectivity index (χ4v) is 3.01. The van der Waals surface area contributed by atoms with Gasteiger partial charge in [0, 0.05) is 38.3 Å². The van der Waals surface area contributed by atoms with Crippen molar-refractivity contribution in [3.63, 3.8) is 0 Å². The van der Waals surface area contributed by atoms with E-state index in [4.69, 9.17) is 0 Å². The van der Waals surface area contributed by atoms with Crippen LogP contribution in [0.3, 0.4) is 0 Å². The van der Waals surface area contributed by atoms with E-state index < -0.39 is 0 Å². The molecule has 3 heteroatoms. The van der Waals surface area contributed by atoms with E-state index in [-0.39, 0.29) is 0 Å². The lowest BCUT2D eigenvalue weighted by Crippen LogP contribution is -2.56. The van der Waals surface area contributed by atoms with E-state index >= 15 is 0 Å². The van der Waals surface area contributed by atoms with Gasteiger partial charge in [-0.05, 0) is 19.9 Å². The minimum absolute atomic E-state index is 0.658. The second-order valence-corrected chi connectivity index (χ2v) is 5.00. The highest BCUT2D eigenvalue weighted by Gasteiger charge is 2.25. The van der Waals surface area contributed by atoms with Crippen molar-refractivity contribution in [3.8, 4) is 0 Å². The van der Waals surface area contributed by atoms with Gasteiger partial charge in [0.25, 0.3) is 0 Å². The number of nitrogens with one attached hydrogen (secondary N) is 2. The van der Waals surface area contributed by atoms with Crippen LogP contribution in [0.5, 0.6) is 0 Å². The van der Waals surface area contributed by atoms with Crippen LogP contribution in [-0.2, 0) is 0 Å². The molecule has 0 aromatic rings. The molecule has 2 aliphatic rings. The van der Waals surface area contributed by atoms with E-state index in [0.29, 0.717) is 6.04 Å². The molecule has 1 saturated carbocycles. The Bertz CT molecular complexity index is 176. The van der Waals surface area contributed by atoms with Crippen molar-refractivity contribution in [2.24, 2.45) is 0 Å². The zero-order chi connectivity index (χ0) is 10.5. The summed E-state index contributed by atoms with van der Waals surface area (Å²) in [5.74, 6) is 0. The van der Waals surface area contributed by atoms with Crippen LogP contribution in [0.25, 0.3) is 0 Å². The first kappa shape index (κ1) is 11.4. The predicted octanol–water partition coefficient (Wildman–Crippen LogP) is 0.812. The summed E-state index contributed by atoms with van der Waals surface area (Å²) in [6.45, 7) is 4.77. The van der Waals surface area contributed by atoms with Crippen LogP contribution in [0.4, 0.5) is 0 Å². The average molecular weight is 211 g/mol. The lowest BCUT2D eigenvalue weighted by atomic mass is 9.93. The monoisotopic (exact) mass is 211 g/mol. The Morgan fingerprint density at radius 2 is 2.07 bits per heavy atom. The quantitative estimate of drug-likeness (QED) is 0.723. The summed E-state index contributed by atoms with van der Waals surface area (Å²) in [6, 6.07) is 1.55. The van der Waals surface area contributed by atoms with Gasteiger partial charge in [-0.1, -0.05) is 19.3 Å². The molecule has 88 valence electrons. The van der Waals surface area contributed by atoms with Gasteiger partial charge in [0.2, 0.25) is 0 Å². The van der Waals surface area contributed by atoms with Crippen molar-refractivity contribution in [2.75, 3.05) is 33.2 Å². The van der Waals surface area contributed by atoms with Crippen LogP contribution in [0.2, 0.25) is 0 Å². The van der Waals surface area contributed by atoms with Crippen LogP contribution in [0.15, 0.2) is 0 Å². The van der Waals surface area contributed by atoms with Crippen LogP contribution >= 0.6 is 0 Å². The first-order chi connectivity index (χ1) is 7.40. The topological polar surface area (TPSA) is 27.3 Å². The molecule has 2 rings (SSSR count). The van der Waals surface area contributed by atoms with E-state index in [1.165, 1.54) is 51.7 Å². The summed E-state index contributed by atoms with van der Waals surface area (Å²) < 4.78 is 0. The lowest BCUT2D eigenvalue weighted by molar-refractivity contribution is 0.115. The predicted molar refractivity (Wildman–Crippen MR) is 64.2 cm³/mol. The van der Waals surface area contributed by atoms with Gasteiger partial charge in [-0.25, -0.2) is 0 Å². The number of likely N-dealkylation sites (N-methyl/N-ethyl adjacent to an activating group) is 1. The molecule has 0 spiro atoms. The molecule has 1 heterocycles. The zero-order valence-corrected chi connectivity index (χ0v) is 9.97. The van der Waals surface area contributed by atoms with E-state index in [9.17, 15) is 0 Å². The first-order valence-corrected chi connectivity index (χ1v) is 6.52. The Hall–Kier alpha value is -0.120. The summed E-state index contributed by atoms with van der Waals surface area (Å²) in [5.41, 5.74) is 0. The van der Waals surface area contributed by atoms with Crippen molar-refractivity contribution in [2.45, 2.75) is 44.2 Å². The Kier molecular flexibility index (Phi) is 4.42. The molecule has 0 bridgehead atoms. The van der Waals surface area contributed by atoms with Crippen molar-refractivity contribution in [3.05, 3.63) is 0 Å². The second-order valence-electron chi connectivity index (χ2n) is 5.00. The SMILES string of the molecule is CNCC1CN(C2CCCCC2)CCN1. The zero-order valence-electron chi connectivity index (χ0n) is 9.97. The maximum Gasteiger partial charge on any atom is 0.0320 e. The molecule has 2 N–H and O–H groups in total. The van der Waals surface area contributed by atoms with Crippen molar-refractivity contribution >= 4 is 0 Å². The molecule has 1 unspecified atom stereocenters. The van der Waals surface area contributed by atoms with Crippen LogP contribution in [-0.4, -0.2) is 50.2 Å². The van der Waals surface area contributed by atoms with Crippen LogP contribution in [0, 0.1) is 0 Å². The molecule has 1 saturated heterocycles. The summed E-state index contributed by atoms with van der Waals surface area (Å²) >= 11 is 0. The first-order valence-electron chi connectivity index (χ1n) is 6.52. The number of nitrogens with zero attached hydrogens (tertiary/aromatic N) is 1. The van der Waals surface area contributed by atoms with Crippen LogP contribution in [0.1, 0.15) is 32.1 Å². The molecule has 1 aliphatic carbocycles. The van der Waals surface area contributed by atoms with Gasteiger partial charge < -0.3 is 10.6 Å². The fraction of sp³-hybridized carbons (Fsp3) is 1.00.